The van der Waals surface area contributed by atoms with E-state index < -0.39 is 0 Å². The highest BCUT2D eigenvalue weighted by molar-refractivity contribution is 5.77. The number of carbonyl (C=O) groups excluding carboxylic acids is 1. The zero-order chi connectivity index (χ0) is 14.5. The molecule has 1 unspecified atom stereocenters. The first-order chi connectivity index (χ1) is 9.60. The fourth-order valence-corrected chi connectivity index (χ4v) is 2.63. The minimum Gasteiger partial charge on any atom is -0.369 e. The molecule has 20 heavy (non-hydrogen) atoms. The van der Waals surface area contributed by atoms with E-state index in [2.05, 4.69) is 46.4 Å². The third-order valence-corrected chi connectivity index (χ3v) is 3.86. The third-order valence-electron chi connectivity index (χ3n) is 3.86. The van der Waals surface area contributed by atoms with Crippen LogP contribution in [0.25, 0.3) is 0 Å². The number of benzene rings is 1. The standard InChI is InChI=1S/C15H24N4O/c1-12-4-3-5-14(10-12)19-8-6-18(7-9-19)11-13(2)15(20)17-16/h3-5,10,13H,6-9,11,16H2,1-2H3,(H,17,20). The summed E-state index contributed by atoms with van der Waals surface area (Å²) >= 11 is 0. The van der Waals surface area contributed by atoms with Crippen LogP contribution < -0.4 is 16.2 Å². The van der Waals surface area contributed by atoms with Crippen LogP contribution in [-0.2, 0) is 4.79 Å². The number of hydrogen-bond donors (Lipinski definition) is 2. The van der Waals surface area contributed by atoms with Crippen molar-refractivity contribution in [2.45, 2.75) is 13.8 Å². The van der Waals surface area contributed by atoms with Crippen molar-refractivity contribution in [2.24, 2.45) is 11.8 Å². The van der Waals surface area contributed by atoms with Gasteiger partial charge in [0.1, 0.15) is 0 Å². The molecule has 0 radical (unpaired) electrons. The maximum atomic E-state index is 11.4. The predicted molar refractivity (Wildman–Crippen MR) is 81.3 cm³/mol. The molecule has 1 fully saturated rings. The summed E-state index contributed by atoms with van der Waals surface area (Å²) in [7, 11) is 0. The van der Waals surface area contributed by atoms with Crippen LogP contribution in [-0.4, -0.2) is 43.5 Å². The van der Waals surface area contributed by atoms with Crippen LogP contribution >= 0.6 is 0 Å². The van der Waals surface area contributed by atoms with Crippen molar-refractivity contribution >= 4 is 11.6 Å². The first-order valence-corrected chi connectivity index (χ1v) is 7.14. The van der Waals surface area contributed by atoms with E-state index in [1.165, 1.54) is 11.3 Å². The van der Waals surface area contributed by atoms with Crippen molar-refractivity contribution in [2.75, 3.05) is 37.6 Å². The summed E-state index contributed by atoms with van der Waals surface area (Å²) in [6.45, 7) is 8.76. The van der Waals surface area contributed by atoms with Crippen LogP contribution in [0.1, 0.15) is 12.5 Å². The lowest BCUT2D eigenvalue weighted by Gasteiger charge is -2.37. The SMILES string of the molecule is Cc1cccc(N2CCN(CC(C)C(=O)NN)CC2)c1. The molecular weight excluding hydrogens is 252 g/mol. The molecule has 1 amide bonds. The zero-order valence-electron chi connectivity index (χ0n) is 12.3. The molecular formula is C15H24N4O. The topological polar surface area (TPSA) is 61.6 Å². The Morgan fingerprint density at radius 3 is 2.65 bits per heavy atom. The number of piperazine rings is 1. The number of nitrogens with one attached hydrogen (secondary N) is 1. The normalized spacial score (nSPS) is 17.9. The van der Waals surface area contributed by atoms with E-state index in [9.17, 15) is 4.79 Å². The highest BCUT2D eigenvalue weighted by Crippen LogP contribution is 2.18. The smallest absolute Gasteiger partial charge is 0.237 e. The summed E-state index contributed by atoms with van der Waals surface area (Å²) in [5, 5.41) is 0. The highest BCUT2D eigenvalue weighted by Gasteiger charge is 2.21. The Morgan fingerprint density at radius 2 is 2.05 bits per heavy atom. The van der Waals surface area contributed by atoms with Crippen LogP contribution in [0.15, 0.2) is 24.3 Å². The van der Waals surface area contributed by atoms with Gasteiger partial charge in [-0.15, -0.1) is 0 Å². The minimum absolute atomic E-state index is 0.0643. The molecule has 1 aromatic carbocycles. The lowest BCUT2D eigenvalue weighted by atomic mass is 10.1. The Kier molecular flexibility index (Phi) is 4.98. The van der Waals surface area contributed by atoms with Gasteiger partial charge in [-0.2, -0.15) is 0 Å². The molecule has 0 spiro atoms. The molecule has 1 atom stereocenters. The van der Waals surface area contributed by atoms with Crippen molar-refractivity contribution in [1.82, 2.24) is 10.3 Å². The number of aryl methyl sites for hydroxylation is 1. The van der Waals surface area contributed by atoms with Gasteiger partial charge in [-0.3, -0.25) is 15.1 Å². The Bertz CT molecular complexity index is 455. The van der Waals surface area contributed by atoms with Crippen molar-refractivity contribution in [3.8, 4) is 0 Å². The summed E-state index contributed by atoms with van der Waals surface area (Å²) in [4.78, 5) is 16.2. The number of hydrogen-bond acceptors (Lipinski definition) is 4. The second kappa shape index (κ2) is 6.72. The first-order valence-electron chi connectivity index (χ1n) is 7.14. The minimum atomic E-state index is -0.0916. The lowest BCUT2D eigenvalue weighted by Crippen LogP contribution is -2.49. The zero-order valence-corrected chi connectivity index (χ0v) is 12.3. The Balaban J connectivity index is 1.85. The number of carbonyl (C=O) groups is 1. The molecule has 1 heterocycles. The lowest BCUT2D eigenvalue weighted by molar-refractivity contribution is -0.125. The Morgan fingerprint density at radius 1 is 1.35 bits per heavy atom. The van der Waals surface area contributed by atoms with Crippen molar-refractivity contribution in [3.05, 3.63) is 29.8 Å². The number of nitrogens with two attached hydrogens (primary N) is 1. The molecule has 5 nitrogen and oxygen atoms in total. The fraction of sp³-hybridized carbons (Fsp3) is 0.533. The van der Waals surface area contributed by atoms with Gasteiger partial charge in [-0.25, -0.2) is 5.84 Å². The Labute approximate surface area is 120 Å². The van der Waals surface area contributed by atoms with Gasteiger partial charge in [-0.05, 0) is 24.6 Å². The van der Waals surface area contributed by atoms with Gasteiger partial charge in [0.05, 0.1) is 0 Å². The highest BCUT2D eigenvalue weighted by atomic mass is 16.2. The van der Waals surface area contributed by atoms with E-state index in [-0.39, 0.29) is 11.8 Å². The molecule has 0 aliphatic carbocycles. The van der Waals surface area contributed by atoms with Crippen molar-refractivity contribution < 1.29 is 4.79 Å². The van der Waals surface area contributed by atoms with Crippen LogP contribution in [0.4, 0.5) is 5.69 Å². The fourth-order valence-electron chi connectivity index (χ4n) is 2.63. The molecule has 0 bridgehead atoms. The van der Waals surface area contributed by atoms with Gasteiger partial charge >= 0.3 is 0 Å². The van der Waals surface area contributed by atoms with E-state index in [1.54, 1.807) is 0 Å². The van der Waals surface area contributed by atoms with Crippen molar-refractivity contribution in [1.29, 1.82) is 0 Å². The van der Waals surface area contributed by atoms with Gasteiger partial charge in [0, 0.05) is 44.3 Å². The molecule has 2 rings (SSSR count). The van der Waals surface area contributed by atoms with E-state index >= 15 is 0 Å². The molecule has 110 valence electrons. The van der Waals surface area contributed by atoms with E-state index in [4.69, 9.17) is 5.84 Å². The third kappa shape index (κ3) is 3.71. The quantitative estimate of drug-likeness (QED) is 0.484. The van der Waals surface area contributed by atoms with Crippen LogP contribution in [0.5, 0.6) is 0 Å². The molecule has 0 saturated carbocycles. The summed E-state index contributed by atoms with van der Waals surface area (Å²) in [6.07, 6.45) is 0. The molecule has 1 aliphatic rings. The van der Waals surface area contributed by atoms with Crippen LogP contribution in [0.2, 0.25) is 0 Å². The monoisotopic (exact) mass is 276 g/mol. The van der Waals surface area contributed by atoms with Crippen LogP contribution in [0, 0.1) is 12.8 Å². The van der Waals surface area contributed by atoms with E-state index in [0.717, 1.165) is 32.7 Å². The average molecular weight is 276 g/mol. The maximum absolute atomic E-state index is 11.4. The number of nitrogens with zero attached hydrogens (tertiary/aromatic N) is 2. The number of amides is 1. The van der Waals surface area contributed by atoms with Crippen LogP contribution in [0.3, 0.4) is 0 Å². The summed E-state index contributed by atoms with van der Waals surface area (Å²) < 4.78 is 0. The maximum Gasteiger partial charge on any atom is 0.237 e. The second-order valence-corrected chi connectivity index (χ2v) is 5.54. The summed E-state index contributed by atoms with van der Waals surface area (Å²) in [5.41, 5.74) is 4.80. The number of anilines is 1. The summed E-state index contributed by atoms with van der Waals surface area (Å²) in [5.74, 6) is 5.01. The van der Waals surface area contributed by atoms with Crippen molar-refractivity contribution in [3.63, 3.8) is 0 Å². The molecule has 1 saturated heterocycles. The number of rotatable bonds is 4. The largest absolute Gasteiger partial charge is 0.369 e. The molecule has 3 N–H and O–H groups in total. The predicted octanol–water partition coefficient (Wildman–Crippen LogP) is 0.743. The molecule has 0 aromatic heterocycles. The van der Waals surface area contributed by atoms with Gasteiger partial charge < -0.3 is 4.90 Å². The van der Waals surface area contributed by atoms with Gasteiger partial charge in [0.25, 0.3) is 0 Å². The summed E-state index contributed by atoms with van der Waals surface area (Å²) in [6, 6.07) is 8.60. The first kappa shape index (κ1) is 14.8. The second-order valence-electron chi connectivity index (χ2n) is 5.54. The van der Waals surface area contributed by atoms with Gasteiger partial charge in [0.15, 0.2) is 0 Å². The number of hydrazine groups is 1. The molecule has 1 aliphatic heterocycles. The van der Waals surface area contributed by atoms with E-state index in [1.807, 2.05) is 6.92 Å². The average Bonchev–Trinajstić information content (AvgIpc) is 2.47. The van der Waals surface area contributed by atoms with E-state index in [0.29, 0.717) is 0 Å². The van der Waals surface area contributed by atoms with Gasteiger partial charge in [-0.1, -0.05) is 19.1 Å². The molecule has 5 heteroatoms. The Hall–Kier alpha value is -1.59. The van der Waals surface area contributed by atoms with Gasteiger partial charge in [0.2, 0.25) is 5.91 Å². The molecule has 1 aromatic rings.